The lowest BCUT2D eigenvalue weighted by molar-refractivity contribution is -0.141. The zero-order valence-corrected chi connectivity index (χ0v) is 17.0. The first-order valence-corrected chi connectivity index (χ1v) is 9.71. The number of anilines is 1. The van der Waals surface area contributed by atoms with E-state index in [9.17, 15) is 9.18 Å². The van der Waals surface area contributed by atoms with Gasteiger partial charge < -0.3 is 14.5 Å². The highest BCUT2D eigenvalue weighted by molar-refractivity contribution is 6.19. The SMILES string of the molecule is C[C@@H]1CN(c2cc(Oc3ccccc3F)ncn2)CCN1C(=O)C(C)(C)CCl. The fourth-order valence-electron chi connectivity index (χ4n) is 3.11. The van der Waals surface area contributed by atoms with E-state index in [0.717, 1.165) is 0 Å². The van der Waals surface area contributed by atoms with E-state index < -0.39 is 11.2 Å². The number of nitrogens with zero attached hydrogens (tertiary/aromatic N) is 4. The molecule has 1 aliphatic heterocycles. The van der Waals surface area contributed by atoms with Crippen LogP contribution in [0.25, 0.3) is 0 Å². The molecule has 28 heavy (non-hydrogen) atoms. The molecule has 0 unspecified atom stereocenters. The van der Waals surface area contributed by atoms with Crippen LogP contribution in [0, 0.1) is 11.2 Å². The van der Waals surface area contributed by atoms with Crippen molar-refractivity contribution >= 4 is 23.3 Å². The molecule has 2 aromatic rings. The first-order chi connectivity index (χ1) is 13.3. The van der Waals surface area contributed by atoms with E-state index in [4.69, 9.17) is 16.3 Å². The fraction of sp³-hybridized carbons (Fsp3) is 0.450. The Morgan fingerprint density at radius 3 is 2.75 bits per heavy atom. The standard InChI is InChI=1S/C20H24ClFN4O2/c1-14-11-25(8-9-26(14)19(27)20(2,3)12-21)17-10-18(24-13-23-17)28-16-7-5-4-6-15(16)22/h4-7,10,13-14H,8-9,11-12H2,1-3H3/t14-/m1/s1. The van der Waals surface area contributed by atoms with Gasteiger partial charge in [-0.05, 0) is 32.9 Å². The van der Waals surface area contributed by atoms with Gasteiger partial charge in [-0.1, -0.05) is 12.1 Å². The van der Waals surface area contributed by atoms with Crippen LogP contribution in [0.1, 0.15) is 20.8 Å². The maximum Gasteiger partial charge on any atom is 0.229 e. The van der Waals surface area contributed by atoms with E-state index in [0.29, 0.717) is 25.5 Å². The van der Waals surface area contributed by atoms with Gasteiger partial charge in [-0.15, -0.1) is 11.6 Å². The third kappa shape index (κ3) is 4.35. The average Bonchev–Trinajstić information content (AvgIpc) is 2.69. The highest BCUT2D eigenvalue weighted by Gasteiger charge is 2.36. The Morgan fingerprint density at radius 1 is 1.32 bits per heavy atom. The van der Waals surface area contributed by atoms with E-state index in [1.807, 2.05) is 25.7 Å². The summed E-state index contributed by atoms with van der Waals surface area (Å²) in [6.07, 6.45) is 1.39. The van der Waals surface area contributed by atoms with Gasteiger partial charge in [0.1, 0.15) is 12.1 Å². The highest BCUT2D eigenvalue weighted by atomic mass is 35.5. The second kappa shape index (κ2) is 8.31. The monoisotopic (exact) mass is 406 g/mol. The van der Waals surface area contributed by atoms with Crippen LogP contribution in [0.15, 0.2) is 36.7 Å². The first kappa shape index (κ1) is 20.3. The Kier molecular flexibility index (Phi) is 6.03. The lowest BCUT2D eigenvalue weighted by atomic mass is 9.93. The van der Waals surface area contributed by atoms with E-state index in [1.54, 1.807) is 24.3 Å². The molecule has 0 radical (unpaired) electrons. The predicted octanol–water partition coefficient (Wildman–Crippen LogP) is 3.71. The van der Waals surface area contributed by atoms with Gasteiger partial charge in [0.25, 0.3) is 0 Å². The number of hydrogen-bond donors (Lipinski definition) is 0. The number of piperazine rings is 1. The Balaban J connectivity index is 1.70. The van der Waals surface area contributed by atoms with E-state index in [-0.39, 0.29) is 29.5 Å². The highest BCUT2D eigenvalue weighted by Crippen LogP contribution is 2.27. The zero-order valence-electron chi connectivity index (χ0n) is 16.2. The Morgan fingerprint density at radius 2 is 2.07 bits per heavy atom. The van der Waals surface area contributed by atoms with Gasteiger partial charge >= 0.3 is 0 Å². The van der Waals surface area contributed by atoms with Crippen molar-refractivity contribution in [1.82, 2.24) is 14.9 Å². The van der Waals surface area contributed by atoms with E-state index in [2.05, 4.69) is 14.9 Å². The Bertz CT molecular complexity index is 848. The molecular formula is C20H24ClFN4O2. The number of hydrogen-bond acceptors (Lipinski definition) is 5. The molecule has 1 aromatic heterocycles. The smallest absolute Gasteiger partial charge is 0.229 e. The van der Waals surface area contributed by atoms with Crippen molar-refractivity contribution in [2.24, 2.45) is 5.41 Å². The summed E-state index contributed by atoms with van der Waals surface area (Å²) >= 11 is 5.96. The third-order valence-corrected chi connectivity index (χ3v) is 5.47. The lowest BCUT2D eigenvalue weighted by Gasteiger charge is -2.43. The summed E-state index contributed by atoms with van der Waals surface area (Å²) in [6, 6.07) is 7.86. The molecule has 1 aliphatic rings. The number of carbonyl (C=O) groups excluding carboxylic acids is 1. The van der Waals surface area contributed by atoms with Gasteiger partial charge in [-0.25, -0.2) is 14.4 Å². The van der Waals surface area contributed by atoms with Gasteiger partial charge in [0.05, 0.1) is 5.41 Å². The molecule has 6 nitrogen and oxygen atoms in total. The van der Waals surface area contributed by atoms with Crippen molar-refractivity contribution in [2.75, 3.05) is 30.4 Å². The Hall–Kier alpha value is -2.41. The number of benzene rings is 1. The van der Waals surface area contributed by atoms with Gasteiger partial charge in [-0.3, -0.25) is 4.79 Å². The molecule has 1 atom stereocenters. The van der Waals surface area contributed by atoms with E-state index in [1.165, 1.54) is 12.4 Å². The normalized spacial score (nSPS) is 17.5. The number of ether oxygens (including phenoxy) is 1. The largest absolute Gasteiger partial charge is 0.436 e. The van der Waals surface area contributed by atoms with Crippen LogP contribution in [0.2, 0.25) is 0 Å². The number of rotatable bonds is 5. The van der Waals surface area contributed by atoms with Gasteiger partial charge in [0, 0.05) is 37.6 Å². The van der Waals surface area contributed by atoms with Crippen LogP contribution < -0.4 is 9.64 Å². The fourth-order valence-corrected chi connectivity index (χ4v) is 3.23. The van der Waals surface area contributed by atoms with Crippen molar-refractivity contribution in [1.29, 1.82) is 0 Å². The number of para-hydroxylation sites is 1. The molecule has 1 aromatic carbocycles. The molecule has 1 amide bonds. The molecular weight excluding hydrogens is 383 g/mol. The number of carbonyl (C=O) groups is 1. The van der Waals surface area contributed by atoms with Crippen LogP contribution >= 0.6 is 11.6 Å². The van der Waals surface area contributed by atoms with Crippen molar-refractivity contribution in [3.63, 3.8) is 0 Å². The molecule has 0 N–H and O–H groups in total. The van der Waals surface area contributed by atoms with Crippen molar-refractivity contribution in [2.45, 2.75) is 26.8 Å². The number of halogens is 2. The molecule has 0 bridgehead atoms. The maximum atomic E-state index is 13.8. The molecule has 150 valence electrons. The topological polar surface area (TPSA) is 58.6 Å². The molecule has 0 spiro atoms. The minimum absolute atomic E-state index is 0.00893. The predicted molar refractivity (Wildman–Crippen MR) is 106 cm³/mol. The summed E-state index contributed by atoms with van der Waals surface area (Å²) < 4.78 is 19.4. The number of aromatic nitrogens is 2. The summed E-state index contributed by atoms with van der Waals surface area (Å²) in [5, 5.41) is 0. The Labute approximate surface area is 169 Å². The number of alkyl halides is 1. The quantitative estimate of drug-likeness (QED) is 0.708. The summed E-state index contributed by atoms with van der Waals surface area (Å²) in [5.41, 5.74) is -0.590. The summed E-state index contributed by atoms with van der Waals surface area (Å²) in [6.45, 7) is 7.56. The van der Waals surface area contributed by atoms with Gasteiger partial charge in [-0.2, -0.15) is 0 Å². The first-order valence-electron chi connectivity index (χ1n) is 9.18. The summed E-state index contributed by atoms with van der Waals surface area (Å²) in [7, 11) is 0. The molecule has 3 rings (SSSR count). The van der Waals surface area contributed by atoms with Crippen LogP contribution in [0.4, 0.5) is 10.2 Å². The van der Waals surface area contributed by atoms with Crippen LogP contribution in [0.3, 0.4) is 0 Å². The van der Waals surface area contributed by atoms with Crippen molar-refractivity contribution in [3.05, 3.63) is 42.5 Å². The maximum absolute atomic E-state index is 13.8. The van der Waals surface area contributed by atoms with Gasteiger partial charge in [0.15, 0.2) is 11.6 Å². The van der Waals surface area contributed by atoms with Crippen LogP contribution in [-0.4, -0.2) is 52.3 Å². The third-order valence-electron chi connectivity index (χ3n) is 4.80. The second-order valence-electron chi connectivity index (χ2n) is 7.56. The molecule has 0 saturated carbocycles. The van der Waals surface area contributed by atoms with Crippen LogP contribution in [-0.2, 0) is 4.79 Å². The molecule has 1 saturated heterocycles. The average molecular weight is 407 g/mol. The van der Waals surface area contributed by atoms with Crippen molar-refractivity contribution in [3.8, 4) is 11.6 Å². The lowest BCUT2D eigenvalue weighted by Crippen LogP contribution is -2.57. The second-order valence-corrected chi connectivity index (χ2v) is 7.83. The molecule has 1 fully saturated rings. The molecule has 0 aliphatic carbocycles. The minimum Gasteiger partial charge on any atom is -0.436 e. The summed E-state index contributed by atoms with van der Waals surface area (Å²) in [5.74, 6) is 0.938. The zero-order chi connectivity index (χ0) is 20.3. The van der Waals surface area contributed by atoms with Gasteiger partial charge in [0.2, 0.25) is 11.8 Å². The molecule has 2 heterocycles. The number of amides is 1. The van der Waals surface area contributed by atoms with Crippen molar-refractivity contribution < 1.29 is 13.9 Å². The van der Waals surface area contributed by atoms with E-state index >= 15 is 0 Å². The minimum atomic E-state index is -0.590. The molecule has 8 heteroatoms. The summed E-state index contributed by atoms with van der Waals surface area (Å²) in [4.78, 5) is 25.1. The van der Waals surface area contributed by atoms with Crippen LogP contribution in [0.5, 0.6) is 11.6 Å².